The Bertz CT molecular complexity index is 325. The Labute approximate surface area is 92.2 Å². The Morgan fingerprint density at radius 2 is 1.75 bits per heavy atom. The van der Waals surface area contributed by atoms with Crippen LogP contribution in [-0.2, 0) is 19.6 Å². The molecular weight excluding hydrogens is 244 g/mol. The van der Waals surface area contributed by atoms with Crippen LogP contribution in [0.5, 0.6) is 0 Å². The summed E-state index contributed by atoms with van der Waals surface area (Å²) in [5, 5.41) is 28.1. The van der Waals surface area contributed by atoms with Gasteiger partial charge in [-0.05, 0) is 0 Å². The average Bonchev–Trinajstić information content (AvgIpc) is 2.17. The van der Waals surface area contributed by atoms with Crippen molar-refractivity contribution in [3.05, 3.63) is 0 Å². The number of rotatable bonds is 3. The summed E-state index contributed by atoms with van der Waals surface area (Å²) in [6.07, 6.45) is -7.34. The summed E-state index contributed by atoms with van der Waals surface area (Å²) < 4.78 is 39.3. The van der Waals surface area contributed by atoms with E-state index in [4.69, 9.17) is 9.29 Å². The number of aliphatic hydroxyl groups is 3. The van der Waals surface area contributed by atoms with Crippen molar-refractivity contribution in [1.82, 2.24) is 0 Å². The highest BCUT2D eigenvalue weighted by molar-refractivity contribution is 7.85. The molecule has 4 N–H and O–H groups in total. The summed E-state index contributed by atoms with van der Waals surface area (Å²) in [7, 11) is -3.18. The molecule has 5 atom stereocenters. The molecule has 0 aromatic carbocycles. The van der Waals surface area contributed by atoms with Gasteiger partial charge in [-0.15, -0.1) is 0 Å². The SMILES string of the molecule is CO[C@H]1O[C@@H](CS(=O)(=O)O)[C@@H](O)[C@@H](O)[C@H]1O. The van der Waals surface area contributed by atoms with Gasteiger partial charge in [-0.3, -0.25) is 4.55 Å². The first-order valence-electron chi connectivity index (χ1n) is 4.44. The molecule has 0 aromatic rings. The van der Waals surface area contributed by atoms with E-state index in [0.717, 1.165) is 0 Å². The average molecular weight is 258 g/mol. The van der Waals surface area contributed by atoms with Crippen LogP contribution < -0.4 is 0 Å². The van der Waals surface area contributed by atoms with Crippen LogP contribution in [0.1, 0.15) is 0 Å². The zero-order valence-electron chi connectivity index (χ0n) is 8.42. The van der Waals surface area contributed by atoms with Crippen LogP contribution in [0.15, 0.2) is 0 Å². The third kappa shape index (κ3) is 3.10. The molecule has 96 valence electrons. The zero-order valence-corrected chi connectivity index (χ0v) is 9.24. The van der Waals surface area contributed by atoms with Crippen molar-refractivity contribution in [2.45, 2.75) is 30.7 Å². The quantitative estimate of drug-likeness (QED) is 0.403. The molecule has 1 fully saturated rings. The summed E-state index contributed by atoms with van der Waals surface area (Å²) in [5.74, 6) is -0.891. The van der Waals surface area contributed by atoms with E-state index in [1.807, 2.05) is 0 Å². The third-order valence-electron chi connectivity index (χ3n) is 2.28. The van der Waals surface area contributed by atoms with Crippen LogP contribution in [0.2, 0.25) is 0 Å². The maximum absolute atomic E-state index is 10.6. The van der Waals surface area contributed by atoms with Gasteiger partial charge in [-0.25, -0.2) is 0 Å². The van der Waals surface area contributed by atoms with Crippen LogP contribution >= 0.6 is 0 Å². The van der Waals surface area contributed by atoms with E-state index in [-0.39, 0.29) is 0 Å². The first-order valence-corrected chi connectivity index (χ1v) is 6.05. The molecule has 0 bridgehead atoms. The smallest absolute Gasteiger partial charge is 0.267 e. The van der Waals surface area contributed by atoms with E-state index in [2.05, 4.69) is 4.74 Å². The molecule has 1 rings (SSSR count). The fourth-order valence-corrected chi connectivity index (χ4v) is 2.15. The Morgan fingerprint density at radius 1 is 1.19 bits per heavy atom. The molecule has 9 heteroatoms. The van der Waals surface area contributed by atoms with Gasteiger partial charge in [0.2, 0.25) is 0 Å². The van der Waals surface area contributed by atoms with Gasteiger partial charge in [-0.1, -0.05) is 0 Å². The van der Waals surface area contributed by atoms with Gasteiger partial charge in [0, 0.05) is 7.11 Å². The second kappa shape index (κ2) is 4.92. The monoisotopic (exact) mass is 258 g/mol. The van der Waals surface area contributed by atoms with Crippen LogP contribution in [0.25, 0.3) is 0 Å². The standard InChI is InChI=1S/C7H14O8S/c1-14-7-6(10)5(9)4(8)3(15-7)2-16(11,12)13/h3-10H,2H2,1H3,(H,11,12,13)/t3-,4+,5+,6+,7-/m0/s1. The lowest BCUT2D eigenvalue weighted by Crippen LogP contribution is -2.59. The van der Waals surface area contributed by atoms with Gasteiger partial charge in [0.25, 0.3) is 10.1 Å². The van der Waals surface area contributed by atoms with Crippen molar-refractivity contribution in [2.75, 3.05) is 12.9 Å². The molecule has 1 aliphatic rings. The highest BCUT2D eigenvalue weighted by Crippen LogP contribution is 2.22. The minimum atomic E-state index is -4.36. The van der Waals surface area contributed by atoms with E-state index in [1.54, 1.807) is 0 Å². The first-order chi connectivity index (χ1) is 7.26. The van der Waals surface area contributed by atoms with E-state index in [0.29, 0.717) is 0 Å². The second-order valence-corrected chi connectivity index (χ2v) is 5.00. The molecule has 0 amide bonds. The Hall–Kier alpha value is -0.290. The van der Waals surface area contributed by atoms with Crippen molar-refractivity contribution in [3.8, 4) is 0 Å². The maximum Gasteiger partial charge on any atom is 0.267 e. The third-order valence-corrected chi connectivity index (χ3v) is 3.03. The lowest BCUT2D eigenvalue weighted by molar-refractivity contribution is -0.285. The predicted molar refractivity (Wildman–Crippen MR) is 50.1 cm³/mol. The molecule has 8 nitrogen and oxygen atoms in total. The molecule has 1 aliphatic heterocycles. The van der Waals surface area contributed by atoms with Gasteiger partial charge in [0.05, 0.1) is 0 Å². The van der Waals surface area contributed by atoms with Crippen molar-refractivity contribution in [3.63, 3.8) is 0 Å². The van der Waals surface area contributed by atoms with Gasteiger partial charge in [-0.2, -0.15) is 8.42 Å². The molecule has 0 radical (unpaired) electrons. The molecule has 0 aromatic heterocycles. The summed E-state index contributed by atoms with van der Waals surface area (Å²) in [4.78, 5) is 0. The minimum absolute atomic E-state index is 0.891. The first kappa shape index (κ1) is 13.8. The summed E-state index contributed by atoms with van der Waals surface area (Å²) in [5.41, 5.74) is 0. The van der Waals surface area contributed by atoms with Gasteiger partial charge < -0.3 is 24.8 Å². The molecule has 0 unspecified atom stereocenters. The summed E-state index contributed by atoms with van der Waals surface area (Å²) in [6, 6.07) is 0. The minimum Gasteiger partial charge on any atom is -0.388 e. The van der Waals surface area contributed by atoms with Crippen molar-refractivity contribution < 1.29 is 37.8 Å². The van der Waals surface area contributed by atoms with E-state index >= 15 is 0 Å². The fourth-order valence-electron chi connectivity index (χ4n) is 1.46. The Balaban J connectivity index is 2.79. The predicted octanol–water partition coefficient (Wildman–Crippen LogP) is -2.67. The lowest BCUT2D eigenvalue weighted by atomic mass is 10.00. The van der Waals surface area contributed by atoms with Gasteiger partial charge >= 0.3 is 0 Å². The van der Waals surface area contributed by atoms with Gasteiger partial charge in [0.1, 0.15) is 30.2 Å². The van der Waals surface area contributed by atoms with Crippen LogP contribution in [0, 0.1) is 0 Å². The fraction of sp³-hybridized carbons (Fsp3) is 1.00. The summed E-state index contributed by atoms with van der Waals surface area (Å²) in [6.45, 7) is 0. The van der Waals surface area contributed by atoms with E-state index < -0.39 is 46.6 Å². The highest BCUT2D eigenvalue weighted by atomic mass is 32.2. The largest absolute Gasteiger partial charge is 0.388 e. The number of hydrogen-bond donors (Lipinski definition) is 4. The topological polar surface area (TPSA) is 134 Å². The number of hydrogen-bond acceptors (Lipinski definition) is 7. The van der Waals surface area contributed by atoms with E-state index in [1.165, 1.54) is 7.11 Å². The number of aliphatic hydroxyl groups excluding tert-OH is 3. The van der Waals surface area contributed by atoms with Crippen LogP contribution in [-0.4, -0.2) is 71.9 Å². The maximum atomic E-state index is 10.6. The molecule has 1 saturated heterocycles. The lowest BCUT2D eigenvalue weighted by Gasteiger charge is -2.39. The molecule has 1 heterocycles. The van der Waals surface area contributed by atoms with E-state index in [9.17, 15) is 23.7 Å². The summed E-state index contributed by atoms with van der Waals surface area (Å²) >= 11 is 0. The molecular formula is C7H14O8S. The van der Waals surface area contributed by atoms with Crippen molar-refractivity contribution in [2.24, 2.45) is 0 Å². The molecule has 0 spiro atoms. The highest BCUT2D eigenvalue weighted by Gasteiger charge is 2.45. The zero-order chi connectivity index (χ0) is 12.5. The van der Waals surface area contributed by atoms with Gasteiger partial charge in [0.15, 0.2) is 6.29 Å². The van der Waals surface area contributed by atoms with Crippen LogP contribution in [0.4, 0.5) is 0 Å². The Morgan fingerprint density at radius 3 is 2.19 bits per heavy atom. The molecule has 0 aliphatic carbocycles. The Kier molecular flexibility index (Phi) is 4.23. The molecule has 0 saturated carbocycles. The molecule has 16 heavy (non-hydrogen) atoms. The number of methoxy groups -OCH3 is 1. The van der Waals surface area contributed by atoms with Crippen molar-refractivity contribution in [1.29, 1.82) is 0 Å². The van der Waals surface area contributed by atoms with Crippen LogP contribution in [0.3, 0.4) is 0 Å². The second-order valence-electron chi connectivity index (χ2n) is 3.50. The van der Waals surface area contributed by atoms with Crippen molar-refractivity contribution >= 4 is 10.1 Å². The number of ether oxygens (including phenoxy) is 2. The normalized spacial score (nSPS) is 40.9.